The van der Waals surface area contributed by atoms with Gasteiger partial charge in [0.15, 0.2) is 5.96 Å². The molecule has 1 heterocycles. The van der Waals surface area contributed by atoms with E-state index in [-0.39, 0.29) is 25.0 Å². The predicted molar refractivity (Wildman–Crippen MR) is 96.2 cm³/mol. The van der Waals surface area contributed by atoms with Crippen molar-refractivity contribution in [2.45, 2.75) is 32.0 Å². The van der Waals surface area contributed by atoms with E-state index in [0.29, 0.717) is 19.0 Å². The van der Waals surface area contributed by atoms with Crippen LogP contribution >= 0.6 is 0 Å². The van der Waals surface area contributed by atoms with Crippen LogP contribution in [-0.4, -0.2) is 93.8 Å². The van der Waals surface area contributed by atoms with Gasteiger partial charge in [-0.2, -0.15) is 13.2 Å². The standard InChI is InChI=1S/C16H31F3N6O/c1-4-21-15(22-7-10-24(3)12-16(17,18)19)23-13-5-8-25(9-6-13)11-14(26)20-2/h13H,4-12H2,1-3H3,(H,20,26)(H2,21,22,23). The monoisotopic (exact) mass is 380 g/mol. The maximum absolute atomic E-state index is 12.3. The van der Waals surface area contributed by atoms with Crippen LogP contribution in [0.5, 0.6) is 0 Å². The van der Waals surface area contributed by atoms with Crippen molar-refractivity contribution in [3.05, 3.63) is 0 Å². The highest BCUT2D eigenvalue weighted by atomic mass is 19.4. The number of likely N-dealkylation sites (tertiary alicyclic amines) is 1. The summed E-state index contributed by atoms with van der Waals surface area (Å²) in [7, 11) is 3.06. The van der Waals surface area contributed by atoms with Crippen LogP contribution in [-0.2, 0) is 4.79 Å². The molecular formula is C16H31F3N6O. The van der Waals surface area contributed by atoms with E-state index < -0.39 is 12.7 Å². The highest BCUT2D eigenvalue weighted by molar-refractivity contribution is 5.80. The second-order valence-corrected chi connectivity index (χ2v) is 6.48. The average Bonchev–Trinajstić information content (AvgIpc) is 2.55. The van der Waals surface area contributed by atoms with Crippen molar-refractivity contribution in [3.8, 4) is 0 Å². The molecule has 0 radical (unpaired) electrons. The van der Waals surface area contributed by atoms with Gasteiger partial charge in [-0.05, 0) is 26.8 Å². The molecule has 10 heteroatoms. The van der Waals surface area contributed by atoms with Gasteiger partial charge in [0, 0.05) is 39.3 Å². The Bertz CT molecular complexity index is 450. The summed E-state index contributed by atoms with van der Waals surface area (Å²) >= 11 is 0. The van der Waals surface area contributed by atoms with E-state index in [0.717, 1.165) is 25.9 Å². The highest BCUT2D eigenvalue weighted by Crippen LogP contribution is 2.15. The maximum atomic E-state index is 12.3. The number of amides is 1. The van der Waals surface area contributed by atoms with Crippen molar-refractivity contribution < 1.29 is 18.0 Å². The van der Waals surface area contributed by atoms with E-state index in [1.54, 1.807) is 7.05 Å². The lowest BCUT2D eigenvalue weighted by Gasteiger charge is -2.32. The van der Waals surface area contributed by atoms with Crippen LogP contribution in [0.1, 0.15) is 19.8 Å². The van der Waals surface area contributed by atoms with Gasteiger partial charge in [0.2, 0.25) is 5.91 Å². The summed E-state index contributed by atoms with van der Waals surface area (Å²) in [5, 5.41) is 9.08. The lowest BCUT2D eigenvalue weighted by Crippen LogP contribution is -2.50. The molecular weight excluding hydrogens is 349 g/mol. The van der Waals surface area contributed by atoms with Gasteiger partial charge in [-0.1, -0.05) is 0 Å². The van der Waals surface area contributed by atoms with Crippen LogP contribution in [0.2, 0.25) is 0 Å². The zero-order valence-corrected chi connectivity index (χ0v) is 15.8. The average molecular weight is 380 g/mol. The molecule has 0 saturated carbocycles. The number of carbonyl (C=O) groups excluding carboxylic acids is 1. The minimum Gasteiger partial charge on any atom is -0.358 e. The zero-order chi connectivity index (χ0) is 19.6. The highest BCUT2D eigenvalue weighted by Gasteiger charge is 2.28. The fraction of sp³-hybridized carbons (Fsp3) is 0.875. The number of piperidine rings is 1. The third-order valence-electron chi connectivity index (χ3n) is 4.12. The van der Waals surface area contributed by atoms with Gasteiger partial charge in [-0.15, -0.1) is 0 Å². The molecule has 1 rings (SSSR count). The molecule has 0 aromatic rings. The minimum atomic E-state index is -4.19. The van der Waals surface area contributed by atoms with Gasteiger partial charge in [0.25, 0.3) is 0 Å². The summed E-state index contributed by atoms with van der Waals surface area (Å²) in [6, 6.07) is 0.238. The van der Waals surface area contributed by atoms with Gasteiger partial charge in [-0.25, -0.2) is 0 Å². The van der Waals surface area contributed by atoms with Crippen LogP contribution in [0.3, 0.4) is 0 Å². The Morgan fingerprint density at radius 3 is 2.50 bits per heavy atom. The van der Waals surface area contributed by atoms with Crippen LogP contribution in [0.25, 0.3) is 0 Å². The molecule has 1 aliphatic rings. The van der Waals surface area contributed by atoms with E-state index in [9.17, 15) is 18.0 Å². The number of halogens is 3. The lowest BCUT2D eigenvalue weighted by atomic mass is 10.1. The van der Waals surface area contributed by atoms with E-state index in [2.05, 4.69) is 25.8 Å². The van der Waals surface area contributed by atoms with Crippen molar-refractivity contribution in [2.24, 2.45) is 4.99 Å². The second kappa shape index (κ2) is 11.2. The normalized spacial score (nSPS) is 17.4. The zero-order valence-electron chi connectivity index (χ0n) is 15.8. The Morgan fingerprint density at radius 2 is 1.96 bits per heavy atom. The third-order valence-corrected chi connectivity index (χ3v) is 4.12. The first-order valence-corrected chi connectivity index (χ1v) is 8.96. The summed E-state index contributed by atoms with van der Waals surface area (Å²) < 4.78 is 37.0. The number of hydrogen-bond acceptors (Lipinski definition) is 4. The molecule has 0 aromatic heterocycles. The molecule has 0 atom stereocenters. The maximum Gasteiger partial charge on any atom is 0.401 e. The Kier molecular flexibility index (Phi) is 9.71. The lowest BCUT2D eigenvalue weighted by molar-refractivity contribution is -0.142. The van der Waals surface area contributed by atoms with Crippen molar-refractivity contribution in [3.63, 3.8) is 0 Å². The first-order valence-electron chi connectivity index (χ1n) is 8.96. The number of nitrogens with one attached hydrogen (secondary N) is 3. The molecule has 152 valence electrons. The molecule has 1 fully saturated rings. The molecule has 3 N–H and O–H groups in total. The van der Waals surface area contributed by atoms with Crippen LogP contribution in [0.4, 0.5) is 13.2 Å². The van der Waals surface area contributed by atoms with Gasteiger partial charge in [0.05, 0.1) is 19.6 Å². The summed E-state index contributed by atoms with van der Waals surface area (Å²) in [4.78, 5) is 19.1. The third kappa shape index (κ3) is 9.81. The van der Waals surface area contributed by atoms with Crippen molar-refractivity contribution in [1.29, 1.82) is 0 Å². The Hall–Kier alpha value is -1.55. The summed E-state index contributed by atoms with van der Waals surface area (Å²) in [6.45, 7) is 4.26. The molecule has 1 amide bonds. The van der Waals surface area contributed by atoms with Crippen molar-refractivity contribution >= 4 is 11.9 Å². The number of rotatable bonds is 8. The van der Waals surface area contributed by atoms with E-state index in [1.807, 2.05) is 6.92 Å². The van der Waals surface area contributed by atoms with Crippen LogP contribution in [0.15, 0.2) is 4.99 Å². The fourth-order valence-corrected chi connectivity index (χ4v) is 2.75. The number of nitrogens with zero attached hydrogens (tertiary/aromatic N) is 3. The fourth-order valence-electron chi connectivity index (χ4n) is 2.75. The Labute approximate surface area is 153 Å². The van der Waals surface area contributed by atoms with Gasteiger partial charge in [0.1, 0.15) is 0 Å². The number of likely N-dealkylation sites (N-methyl/N-ethyl adjacent to an activating group) is 2. The van der Waals surface area contributed by atoms with Crippen molar-refractivity contribution in [2.75, 3.05) is 59.9 Å². The molecule has 1 aliphatic heterocycles. The Balaban J connectivity index is 2.39. The Morgan fingerprint density at radius 1 is 1.31 bits per heavy atom. The first kappa shape index (κ1) is 22.5. The summed E-state index contributed by atoms with van der Waals surface area (Å²) in [5.41, 5.74) is 0. The first-order chi connectivity index (χ1) is 12.2. The van der Waals surface area contributed by atoms with Gasteiger partial charge >= 0.3 is 6.18 Å². The molecule has 7 nitrogen and oxygen atoms in total. The largest absolute Gasteiger partial charge is 0.401 e. The smallest absolute Gasteiger partial charge is 0.358 e. The molecule has 0 aromatic carbocycles. The molecule has 0 unspecified atom stereocenters. The van der Waals surface area contributed by atoms with Gasteiger partial charge < -0.3 is 16.0 Å². The van der Waals surface area contributed by atoms with Crippen LogP contribution in [0, 0.1) is 0 Å². The van der Waals surface area contributed by atoms with E-state index >= 15 is 0 Å². The van der Waals surface area contributed by atoms with Crippen molar-refractivity contribution in [1.82, 2.24) is 25.8 Å². The number of guanidine groups is 1. The molecule has 1 saturated heterocycles. The summed E-state index contributed by atoms with van der Waals surface area (Å²) in [6.07, 6.45) is -2.42. The second-order valence-electron chi connectivity index (χ2n) is 6.48. The van der Waals surface area contributed by atoms with Gasteiger partial charge in [-0.3, -0.25) is 19.6 Å². The predicted octanol–water partition coefficient (Wildman–Crippen LogP) is 0.246. The molecule has 0 aliphatic carbocycles. The number of alkyl halides is 3. The minimum absolute atomic E-state index is 0.00860. The topological polar surface area (TPSA) is 72.0 Å². The molecule has 0 bridgehead atoms. The van der Waals surface area contributed by atoms with Crippen LogP contribution < -0.4 is 16.0 Å². The number of carbonyl (C=O) groups is 1. The van der Waals surface area contributed by atoms with E-state index in [1.165, 1.54) is 11.9 Å². The molecule has 26 heavy (non-hydrogen) atoms. The molecule has 0 spiro atoms. The number of hydrogen-bond donors (Lipinski definition) is 3. The number of aliphatic imine (C=N–C) groups is 1. The summed E-state index contributed by atoms with van der Waals surface area (Å²) in [5.74, 6) is 0.631. The van der Waals surface area contributed by atoms with E-state index in [4.69, 9.17) is 0 Å². The quantitative estimate of drug-likeness (QED) is 0.416. The SMILES string of the molecule is CCNC(=NCCN(C)CC(F)(F)F)NC1CCN(CC(=O)NC)CC1.